The van der Waals surface area contributed by atoms with E-state index in [2.05, 4.69) is 10.6 Å². The largest absolute Gasteiger partial charge is 0.494 e. The van der Waals surface area contributed by atoms with E-state index in [0.29, 0.717) is 17.4 Å². The fourth-order valence-electron chi connectivity index (χ4n) is 2.67. The van der Waals surface area contributed by atoms with Crippen molar-refractivity contribution in [2.45, 2.75) is 6.04 Å². The fraction of sp³-hybridized carbons (Fsp3) is 0.462. The third-order valence-corrected chi connectivity index (χ3v) is 3.80. The Morgan fingerprint density at radius 3 is 2.78 bits per heavy atom. The van der Waals surface area contributed by atoms with Crippen molar-refractivity contribution in [3.8, 4) is 5.75 Å². The van der Waals surface area contributed by atoms with Gasteiger partial charge in [0.25, 0.3) is 5.91 Å². The third-order valence-electron chi connectivity index (χ3n) is 3.80. The first-order chi connectivity index (χ1) is 8.70. The van der Waals surface area contributed by atoms with E-state index in [0.717, 1.165) is 13.1 Å². The van der Waals surface area contributed by atoms with Gasteiger partial charge in [0.1, 0.15) is 0 Å². The lowest BCUT2D eigenvalue weighted by Gasteiger charge is -2.08. The summed E-state index contributed by atoms with van der Waals surface area (Å²) < 4.78 is 18.3. The second-order valence-electron chi connectivity index (χ2n) is 4.83. The van der Waals surface area contributed by atoms with Crippen molar-refractivity contribution in [3.63, 3.8) is 0 Å². The van der Waals surface area contributed by atoms with E-state index in [1.807, 2.05) is 0 Å². The molecule has 2 atom stereocenters. The van der Waals surface area contributed by atoms with Gasteiger partial charge in [0.2, 0.25) is 0 Å². The number of benzene rings is 1. The number of rotatable bonds is 3. The predicted octanol–water partition coefficient (Wildman–Crippen LogP) is 0.782. The molecule has 3 rings (SSSR count). The Labute approximate surface area is 105 Å². The summed E-state index contributed by atoms with van der Waals surface area (Å²) in [4.78, 5) is 11.9. The molecule has 1 aliphatic carbocycles. The number of carbonyl (C=O) groups is 1. The van der Waals surface area contributed by atoms with Crippen LogP contribution in [-0.2, 0) is 0 Å². The molecule has 1 aromatic carbocycles. The molecule has 96 valence electrons. The molecule has 1 heterocycles. The van der Waals surface area contributed by atoms with Crippen molar-refractivity contribution in [1.82, 2.24) is 10.6 Å². The number of methoxy groups -OCH3 is 1. The van der Waals surface area contributed by atoms with Crippen LogP contribution in [0.1, 0.15) is 10.4 Å². The van der Waals surface area contributed by atoms with Gasteiger partial charge in [-0.05, 0) is 30.0 Å². The lowest BCUT2D eigenvalue weighted by molar-refractivity contribution is 0.0946. The topological polar surface area (TPSA) is 50.4 Å². The Hall–Kier alpha value is -1.62. The van der Waals surface area contributed by atoms with Gasteiger partial charge in [-0.1, -0.05) is 0 Å². The average molecular weight is 250 g/mol. The van der Waals surface area contributed by atoms with Crippen LogP contribution < -0.4 is 15.4 Å². The second-order valence-corrected chi connectivity index (χ2v) is 4.83. The van der Waals surface area contributed by atoms with Crippen molar-refractivity contribution < 1.29 is 13.9 Å². The zero-order chi connectivity index (χ0) is 12.7. The summed E-state index contributed by atoms with van der Waals surface area (Å²) in [6, 6.07) is 4.52. The van der Waals surface area contributed by atoms with Crippen molar-refractivity contribution in [2.24, 2.45) is 11.8 Å². The number of nitrogens with one attached hydrogen (secondary N) is 2. The van der Waals surface area contributed by atoms with Gasteiger partial charge in [-0.25, -0.2) is 4.39 Å². The Bertz CT molecular complexity index is 482. The van der Waals surface area contributed by atoms with Crippen LogP contribution in [0.25, 0.3) is 0 Å². The van der Waals surface area contributed by atoms with E-state index in [9.17, 15) is 9.18 Å². The van der Waals surface area contributed by atoms with Crippen LogP contribution in [0.5, 0.6) is 5.75 Å². The lowest BCUT2D eigenvalue weighted by atomic mass is 10.2. The van der Waals surface area contributed by atoms with Crippen LogP contribution >= 0.6 is 0 Å². The summed E-state index contributed by atoms with van der Waals surface area (Å²) in [5.41, 5.74) is 0.339. The standard InChI is InChI=1S/C13H15FN2O2/c1-18-11-3-2-7(4-10(11)14)13(17)16-12-8-5-15-6-9(8)12/h2-4,8-9,12,15H,5-6H2,1H3,(H,16,17). The highest BCUT2D eigenvalue weighted by Gasteiger charge is 2.53. The molecular formula is C13H15FN2O2. The second kappa shape index (κ2) is 4.24. The Balaban J connectivity index is 1.67. The minimum atomic E-state index is -0.511. The zero-order valence-corrected chi connectivity index (χ0v) is 10.1. The quantitative estimate of drug-likeness (QED) is 0.833. The van der Waals surface area contributed by atoms with Gasteiger partial charge < -0.3 is 15.4 Å². The maximum atomic E-state index is 13.5. The van der Waals surface area contributed by atoms with Gasteiger partial charge in [-0.2, -0.15) is 0 Å². The molecule has 2 N–H and O–H groups in total. The Morgan fingerprint density at radius 2 is 2.17 bits per heavy atom. The number of hydrogen-bond donors (Lipinski definition) is 2. The maximum Gasteiger partial charge on any atom is 0.251 e. The van der Waals surface area contributed by atoms with Gasteiger partial charge in [-0.15, -0.1) is 0 Å². The average Bonchev–Trinajstić information content (AvgIpc) is 2.82. The van der Waals surface area contributed by atoms with Crippen molar-refractivity contribution in [3.05, 3.63) is 29.6 Å². The molecule has 2 unspecified atom stereocenters. The van der Waals surface area contributed by atoms with Crippen LogP contribution in [-0.4, -0.2) is 32.1 Å². The van der Waals surface area contributed by atoms with Gasteiger partial charge >= 0.3 is 0 Å². The molecule has 4 nitrogen and oxygen atoms in total. The molecule has 2 fully saturated rings. The number of halogens is 1. The van der Waals surface area contributed by atoms with E-state index < -0.39 is 5.82 Å². The third kappa shape index (κ3) is 1.84. The van der Waals surface area contributed by atoms with Gasteiger partial charge in [0.15, 0.2) is 11.6 Å². The summed E-state index contributed by atoms with van der Waals surface area (Å²) in [5, 5.41) is 6.21. The maximum absolute atomic E-state index is 13.5. The summed E-state index contributed by atoms with van der Waals surface area (Å²) in [6.45, 7) is 1.93. The zero-order valence-electron chi connectivity index (χ0n) is 10.1. The summed E-state index contributed by atoms with van der Waals surface area (Å²) >= 11 is 0. The van der Waals surface area contributed by atoms with Gasteiger partial charge in [0, 0.05) is 24.7 Å². The minimum absolute atomic E-state index is 0.152. The number of carbonyl (C=O) groups excluding carboxylic acids is 1. The predicted molar refractivity (Wildman–Crippen MR) is 64.1 cm³/mol. The Kier molecular flexibility index (Phi) is 2.70. The molecule has 18 heavy (non-hydrogen) atoms. The molecule has 5 heteroatoms. The van der Waals surface area contributed by atoms with E-state index in [4.69, 9.17) is 4.74 Å². The SMILES string of the molecule is COc1ccc(C(=O)NC2C3CNCC32)cc1F. The van der Waals surface area contributed by atoms with E-state index in [-0.39, 0.29) is 17.7 Å². The minimum Gasteiger partial charge on any atom is -0.494 e. The van der Waals surface area contributed by atoms with Crippen LogP contribution in [0.15, 0.2) is 18.2 Å². The summed E-state index contributed by atoms with van der Waals surface area (Å²) in [5.74, 6) is 0.534. The first-order valence-electron chi connectivity index (χ1n) is 6.06. The van der Waals surface area contributed by atoms with E-state index >= 15 is 0 Å². The van der Waals surface area contributed by atoms with Crippen molar-refractivity contribution >= 4 is 5.91 Å². The summed E-state index contributed by atoms with van der Waals surface area (Å²) in [6.07, 6.45) is 0. The molecule has 0 aromatic heterocycles. The number of ether oxygens (including phenoxy) is 1. The highest BCUT2D eigenvalue weighted by atomic mass is 19.1. The molecule has 1 amide bonds. The highest BCUT2D eigenvalue weighted by Crippen LogP contribution is 2.41. The van der Waals surface area contributed by atoms with E-state index in [1.54, 1.807) is 6.07 Å². The molecule has 0 spiro atoms. The summed E-state index contributed by atoms with van der Waals surface area (Å²) in [7, 11) is 1.40. The number of hydrogen-bond acceptors (Lipinski definition) is 3. The van der Waals surface area contributed by atoms with Crippen LogP contribution in [0, 0.1) is 17.7 Å². The molecular weight excluding hydrogens is 235 g/mol. The lowest BCUT2D eigenvalue weighted by Crippen LogP contribution is -2.32. The van der Waals surface area contributed by atoms with Crippen LogP contribution in [0.2, 0.25) is 0 Å². The van der Waals surface area contributed by atoms with Crippen molar-refractivity contribution in [2.75, 3.05) is 20.2 Å². The molecule has 1 saturated carbocycles. The molecule has 1 saturated heterocycles. The van der Waals surface area contributed by atoms with Crippen LogP contribution in [0.3, 0.4) is 0 Å². The molecule has 0 radical (unpaired) electrons. The van der Waals surface area contributed by atoms with Crippen molar-refractivity contribution in [1.29, 1.82) is 0 Å². The molecule has 1 aliphatic heterocycles. The molecule has 0 bridgehead atoms. The first-order valence-corrected chi connectivity index (χ1v) is 6.06. The van der Waals surface area contributed by atoms with E-state index in [1.165, 1.54) is 19.2 Å². The molecule has 1 aromatic rings. The molecule has 2 aliphatic rings. The normalized spacial score (nSPS) is 28.7. The first kappa shape index (κ1) is 11.5. The number of fused-ring (bicyclic) bond motifs is 1. The smallest absolute Gasteiger partial charge is 0.251 e. The monoisotopic (exact) mass is 250 g/mol. The fourth-order valence-corrected chi connectivity index (χ4v) is 2.67. The van der Waals surface area contributed by atoms with Gasteiger partial charge in [0.05, 0.1) is 7.11 Å². The number of amides is 1. The Morgan fingerprint density at radius 1 is 1.44 bits per heavy atom. The number of piperidine rings is 1. The van der Waals surface area contributed by atoms with Gasteiger partial charge in [-0.3, -0.25) is 4.79 Å². The van der Waals surface area contributed by atoms with Crippen LogP contribution in [0.4, 0.5) is 4.39 Å². The highest BCUT2D eigenvalue weighted by molar-refractivity contribution is 5.94.